The monoisotopic (exact) mass is 342 g/mol. The normalized spacial score (nSPS) is 10.3. The minimum atomic E-state index is -0.298. The maximum absolute atomic E-state index is 12.4. The SMILES string of the molecule is CC.Cc1cnn(CC(=O)N(C)c2ccc3nc(C)oc3c2)c(=O)c1. The largest absolute Gasteiger partial charge is 0.441 e. The molecule has 0 spiro atoms. The van der Waals surface area contributed by atoms with E-state index >= 15 is 0 Å². The van der Waals surface area contributed by atoms with Crippen LogP contribution in [0.15, 0.2) is 39.7 Å². The van der Waals surface area contributed by atoms with E-state index in [0.29, 0.717) is 17.2 Å². The van der Waals surface area contributed by atoms with Crippen molar-refractivity contribution in [3.8, 4) is 0 Å². The zero-order valence-corrected chi connectivity index (χ0v) is 15.1. The maximum Gasteiger partial charge on any atom is 0.267 e. The molecule has 1 amide bonds. The van der Waals surface area contributed by atoms with Crippen molar-refractivity contribution in [3.63, 3.8) is 0 Å². The van der Waals surface area contributed by atoms with E-state index in [4.69, 9.17) is 4.42 Å². The van der Waals surface area contributed by atoms with Crippen LogP contribution in [0.2, 0.25) is 0 Å². The minimum Gasteiger partial charge on any atom is -0.441 e. The van der Waals surface area contributed by atoms with Crippen molar-refractivity contribution in [2.45, 2.75) is 34.2 Å². The third-order valence-corrected chi connectivity index (χ3v) is 3.53. The van der Waals surface area contributed by atoms with Crippen molar-refractivity contribution in [2.24, 2.45) is 0 Å². The summed E-state index contributed by atoms with van der Waals surface area (Å²) in [5.74, 6) is 0.320. The molecule has 3 rings (SSSR count). The Morgan fingerprint density at radius 1 is 1.24 bits per heavy atom. The van der Waals surface area contributed by atoms with Gasteiger partial charge < -0.3 is 9.32 Å². The minimum absolute atomic E-state index is 0.122. The molecule has 7 heteroatoms. The summed E-state index contributed by atoms with van der Waals surface area (Å²) in [6, 6.07) is 6.77. The van der Waals surface area contributed by atoms with Crippen LogP contribution >= 0.6 is 0 Å². The third-order valence-electron chi connectivity index (χ3n) is 3.53. The molecule has 0 fully saturated rings. The summed E-state index contributed by atoms with van der Waals surface area (Å²) in [5.41, 5.74) is 2.49. The highest BCUT2D eigenvalue weighted by Gasteiger charge is 2.14. The molecule has 0 unspecified atom stereocenters. The van der Waals surface area contributed by atoms with Crippen LogP contribution in [0.3, 0.4) is 0 Å². The van der Waals surface area contributed by atoms with Crippen molar-refractivity contribution in [1.29, 1.82) is 0 Å². The Hall–Kier alpha value is -2.96. The van der Waals surface area contributed by atoms with Crippen LogP contribution in [0, 0.1) is 13.8 Å². The molecule has 132 valence electrons. The van der Waals surface area contributed by atoms with Gasteiger partial charge in [-0.15, -0.1) is 0 Å². The van der Waals surface area contributed by atoms with Gasteiger partial charge in [-0.2, -0.15) is 5.10 Å². The number of likely N-dealkylation sites (N-methyl/N-ethyl adjacent to an activating group) is 1. The van der Waals surface area contributed by atoms with Gasteiger partial charge in [-0.25, -0.2) is 9.67 Å². The number of hydrogen-bond acceptors (Lipinski definition) is 5. The zero-order valence-electron chi connectivity index (χ0n) is 15.1. The van der Waals surface area contributed by atoms with Gasteiger partial charge in [-0.3, -0.25) is 9.59 Å². The van der Waals surface area contributed by atoms with E-state index in [9.17, 15) is 9.59 Å². The van der Waals surface area contributed by atoms with Gasteiger partial charge in [0.2, 0.25) is 5.91 Å². The highest BCUT2D eigenvalue weighted by atomic mass is 16.3. The van der Waals surface area contributed by atoms with E-state index in [2.05, 4.69) is 10.1 Å². The molecule has 0 N–H and O–H groups in total. The van der Waals surface area contributed by atoms with Gasteiger partial charge in [0.1, 0.15) is 12.1 Å². The molecule has 1 aromatic carbocycles. The Kier molecular flexibility index (Phi) is 5.69. The molecular formula is C18H22N4O3. The average Bonchev–Trinajstić information content (AvgIpc) is 2.97. The molecule has 0 aliphatic rings. The van der Waals surface area contributed by atoms with Crippen LogP contribution in [0.4, 0.5) is 5.69 Å². The molecule has 7 nitrogen and oxygen atoms in total. The fourth-order valence-corrected chi connectivity index (χ4v) is 2.26. The van der Waals surface area contributed by atoms with Crippen molar-refractivity contribution < 1.29 is 9.21 Å². The number of rotatable bonds is 3. The fraction of sp³-hybridized carbons (Fsp3) is 0.333. The van der Waals surface area contributed by atoms with E-state index in [-0.39, 0.29) is 18.0 Å². The van der Waals surface area contributed by atoms with Gasteiger partial charge in [0.15, 0.2) is 11.5 Å². The summed E-state index contributed by atoms with van der Waals surface area (Å²) in [6.45, 7) is 7.42. The molecule has 2 aromatic heterocycles. The summed E-state index contributed by atoms with van der Waals surface area (Å²) in [4.78, 5) is 29.9. The van der Waals surface area contributed by atoms with E-state index in [1.165, 1.54) is 11.0 Å². The van der Waals surface area contributed by atoms with E-state index in [1.807, 2.05) is 13.8 Å². The molecule has 0 saturated heterocycles. The Bertz CT molecular complexity index is 943. The molecule has 0 radical (unpaired) electrons. The van der Waals surface area contributed by atoms with Crippen LogP contribution in [-0.2, 0) is 11.3 Å². The first kappa shape index (κ1) is 18.4. The third kappa shape index (κ3) is 4.12. The Balaban J connectivity index is 0.00000109. The Labute approximate surface area is 145 Å². The number of aromatic nitrogens is 3. The molecular weight excluding hydrogens is 320 g/mol. The van der Waals surface area contributed by atoms with Gasteiger partial charge in [-0.1, -0.05) is 13.8 Å². The van der Waals surface area contributed by atoms with E-state index in [1.54, 1.807) is 45.3 Å². The molecule has 0 aliphatic heterocycles. The first-order valence-electron chi connectivity index (χ1n) is 8.11. The lowest BCUT2D eigenvalue weighted by Gasteiger charge is -2.17. The molecule has 0 aliphatic carbocycles. The molecule has 0 atom stereocenters. The van der Waals surface area contributed by atoms with Gasteiger partial charge in [0.25, 0.3) is 5.56 Å². The van der Waals surface area contributed by atoms with Crippen molar-refractivity contribution >= 4 is 22.7 Å². The van der Waals surface area contributed by atoms with Gasteiger partial charge >= 0.3 is 0 Å². The van der Waals surface area contributed by atoms with Crippen molar-refractivity contribution in [1.82, 2.24) is 14.8 Å². The van der Waals surface area contributed by atoms with Crippen LogP contribution in [0.25, 0.3) is 11.1 Å². The standard InChI is InChI=1S/C16H16N4O3.C2H6/c1-10-6-15(21)20(17-8-10)9-16(22)19(3)12-4-5-13-14(7-12)23-11(2)18-13;1-2/h4-8H,9H2,1-3H3;1-2H3. The van der Waals surface area contributed by atoms with Crippen LogP contribution in [-0.4, -0.2) is 27.7 Å². The number of fused-ring (bicyclic) bond motifs is 1. The number of carbonyl (C=O) groups excluding carboxylic acids is 1. The number of benzene rings is 1. The quantitative estimate of drug-likeness (QED) is 0.731. The molecule has 25 heavy (non-hydrogen) atoms. The zero-order chi connectivity index (χ0) is 18.6. The number of aryl methyl sites for hydroxylation is 2. The second-order valence-electron chi connectivity index (χ2n) is 5.37. The van der Waals surface area contributed by atoms with Crippen LogP contribution in [0.5, 0.6) is 0 Å². The number of anilines is 1. The predicted molar refractivity (Wildman–Crippen MR) is 96.7 cm³/mol. The lowest BCUT2D eigenvalue weighted by Crippen LogP contribution is -2.34. The first-order chi connectivity index (χ1) is 11.9. The van der Waals surface area contributed by atoms with Gasteiger partial charge in [0, 0.05) is 31.8 Å². The number of amides is 1. The number of oxazole rings is 1. The molecule has 2 heterocycles. The highest BCUT2D eigenvalue weighted by Crippen LogP contribution is 2.22. The topological polar surface area (TPSA) is 81.2 Å². The van der Waals surface area contributed by atoms with Crippen molar-refractivity contribution in [3.05, 3.63) is 52.3 Å². The summed E-state index contributed by atoms with van der Waals surface area (Å²) in [5, 5.41) is 3.98. The summed E-state index contributed by atoms with van der Waals surface area (Å²) in [7, 11) is 1.64. The number of carbonyl (C=O) groups is 1. The first-order valence-corrected chi connectivity index (χ1v) is 8.11. The summed E-state index contributed by atoms with van der Waals surface area (Å²) in [6.07, 6.45) is 1.55. The van der Waals surface area contributed by atoms with Gasteiger partial charge in [-0.05, 0) is 24.6 Å². The second kappa shape index (κ2) is 7.74. The molecule has 0 saturated carbocycles. The number of hydrogen-bond donors (Lipinski definition) is 0. The lowest BCUT2D eigenvalue weighted by molar-refractivity contribution is -0.119. The molecule has 3 aromatic rings. The van der Waals surface area contributed by atoms with Crippen LogP contribution < -0.4 is 10.5 Å². The Morgan fingerprint density at radius 3 is 2.64 bits per heavy atom. The smallest absolute Gasteiger partial charge is 0.267 e. The second-order valence-corrected chi connectivity index (χ2v) is 5.37. The van der Waals surface area contributed by atoms with Crippen molar-refractivity contribution in [2.75, 3.05) is 11.9 Å². The maximum atomic E-state index is 12.4. The molecule has 0 bridgehead atoms. The van der Waals surface area contributed by atoms with Gasteiger partial charge in [0.05, 0.1) is 6.20 Å². The number of nitrogens with zero attached hydrogens (tertiary/aromatic N) is 4. The summed E-state index contributed by atoms with van der Waals surface area (Å²) >= 11 is 0. The van der Waals surface area contributed by atoms with E-state index < -0.39 is 0 Å². The summed E-state index contributed by atoms with van der Waals surface area (Å²) < 4.78 is 6.61. The lowest BCUT2D eigenvalue weighted by atomic mass is 10.2. The average molecular weight is 342 g/mol. The predicted octanol–water partition coefficient (Wildman–Crippen LogP) is 2.69. The van der Waals surface area contributed by atoms with Crippen LogP contribution in [0.1, 0.15) is 25.3 Å². The fourth-order valence-electron chi connectivity index (χ4n) is 2.26. The Morgan fingerprint density at radius 2 is 1.96 bits per heavy atom. The highest BCUT2D eigenvalue weighted by molar-refractivity contribution is 5.94. The van der Waals surface area contributed by atoms with E-state index in [0.717, 1.165) is 15.8 Å².